The van der Waals surface area contributed by atoms with Gasteiger partial charge in [-0.25, -0.2) is 0 Å². The average Bonchev–Trinajstić information content (AvgIpc) is 2.33. The van der Waals surface area contributed by atoms with Gasteiger partial charge in [-0.15, -0.1) is 0 Å². The Balaban J connectivity index is 3.12. The topological polar surface area (TPSA) is 41.0 Å². The van der Waals surface area contributed by atoms with Crippen molar-refractivity contribution >= 4 is 17.1 Å². The second-order valence-electron chi connectivity index (χ2n) is 1.37. The number of imidazole rings is 1. The van der Waals surface area contributed by atoms with Crippen LogP contribution in [0.25, 0.3) is 0 Å². The minimum atomic E-state index is 0.526. The molecule has 1 heterocycles. The molecule has 1 rings (SSSR count). The zero-order valence-corrected chi connectivity index (χ0v) is 6.10. The van der Waals surface area contributed by atoms with Gasteiger partial charge in [-0.3, -0.25) is 0 Å². The maximum absolute atomic E-state index is 4.98. The Kier molecular flexibility index (Phi) is 2.01. The van der Waals surface area contributed by atoms with E-state index in [2.05, 4.69) is 32.8 Å². The number of aromatic amines is 1. The zero-order valence-electron chi connectivity index (χ0n) is 4.46. The number of aromatic nitrogens is 2. The van der Waals surface area contributed by atoms with Crippen LogP contribution in [0.2, 0.25) is 0 Å². The number of hydrogen-bond acceptors (Lipinski definition) is 2. The predicted octanol–water partition coefficient (Wildman–Crippen LogP) is 0.316. The summed E-state index contributed by atoms with van der Waals surface area (Å²) in [4.78, 5) is 10.1. The van der Waals surface area contributed by atoms with Crippen LogP contribution in [0, 0.1) is 0 Å². The van der Waals surface area contributed by atoms with Crippen molar-refractivity contribution in [2.45, 2.75) is 0 Å². The van der Waals surface area contributed by atoms with Gasteiger partial charge in [-0.2, -0.15) is 0 Å². The van der Waals surface area contributed by atoms with Crippen molar-refractivity contribution in [3.05, 3.63) is 12.0 Å². The summed E-state index contributed by atoms with van der Waals surface area (Å²) in [6, 6.07) is 0. The van der Waals surface area contributed by atoms with E-state index < -0.39 is 0 Å². The van der Waals surface area contributed by atoms with E-state index in [1.54, 1.807) is 4.61 Å². The summed E-state index contributed by atoms with van der Waals surface area (Å²) in [5.74, 6) is 0.526. The number of H-pyrrole nitrogens is 1. The Morgan fingerprint density at radius 1 is 1.89 bits per heavy atom. The molecule has 49 valence electrons. The molecule has 0 radical (unpaired) electrons. The van der Waals surface area contributed by atoms with E-state index in [0.717, 1.165) is 5.69 Å². The van der Waals surface area contributed by atoms with Crippen molar-refractivity contribution in [2.75, 3.05) is 0 Å². The molecule has 0 aliphatic carbocycles. The molecular formula is C5H4N3Rh-. The molecule has 0 bridgehead atoms. The van der Waals surface area contributed by atoms with E-state index in [4.69, 9.17) is 6.72 Å². The van der Waals surface area contributed by atoms with Crippen molar-refractivity contribution in [3.8, 4) is 0 Å². The van der Waals surface area contributed by atoms with Crippen LogP contribution in [-0.2, 0) is 17.9 Å². The first kappa shape index (κ1) is 6.49. The van der Waals surface area contributed by atoms with Gasteiger partial charge in [-0.1, -0.05) is 0 Å². The fourth-order valence-electron chi connectivity index (χ4n) is 0.471. The van der Waals surface area contributed by atoms with Gasteiger partial charge in [0.1, 0.15) is 0 Å². The van der Waals surface area contributed by atoms with Crippen LogP contribution in [-0.4, -0.2) is 21.3 Å². The van der Waals surface area contributed by atoms with Crippen LogP contribution >= 0.6 is 0 Å². The van der Waals surface area contributed by atoms with Gasteiger partial charge in [0.15, 0.2) is 0 Å². The van der Waals surface area contributed by atoms with Crippen molar-refractivity contribution in [1.29, 1.82) is 0 Å². The molecule has 0 fully saturated rings. The molecule has 0 aliphatic rings. The summed E-state index contributed by atoms with van der Waals surface area (Å²) in [5.41, 5.74) is 0.810. The number of rotatable bonds is 2. The molecule has 1 aromatic rings. The minimum absolute atomic E-state index is 0.526. The number of aliphatic imine (C=N–C) groups is 1. The third-order valence-corrected chi connectivity index (χ3v) is 1.34. The van der Waals surface area contributed by atoms with Crippen molar-refractivity contribution in [2.24, 2.45) is 4.99 Å². The van der Waals surface area contributed by atoms with Crippen LogP contribution < -0.4 is 0 Å². The van der Waals surface area contributed by atoms with Crippen molar-refractivity contribution in [1.82, 2.24) is 9.97 Å². The second kappa shape index (κ2) is 2.78. The maximum atomic E-state index is 4.98. The van der Waals surface area contributed by atoms with Crippen LogP contribution in [0.15, 0.2) is 11.3 Å². The molecule has 3 nitrogen and oxygen atoms in total. The molecule has 0 atom stereocenters. The Bertz CT molecular complexity index is 205. The quantitative estimate of drug-likeness (QED) is 0.425. The summed E-state index contributed by atoms with van der Waals surface area (Å²) in [7, 11) is 0. The molecule has 0 amide bonds. The molecule has 0 aliphatic heterocycles. The number of hydrogen-bond donors (Lipinski definition) is 1. The van der Waals surface area contributed by atoms with E-state index in [9.17, 15) is 0 Å². The average molecular weight is 209 g/mol. The Morgan fingerprint density at radius 3 is 3.11 bits per heavy atom. The third kappa shape index (κ3) is 1.19. The molecule has 9 heavy (non-hydrogen) atoms. The summed E-state index contributed by atoms with van der Waals surface area (Å²) >= 11 is 2.61. The number of nitrogens with zero attached hydrogens (tertiary/aromatic N) is 2. The Morgan fingerprint density at radius 2 is 2.67 bits per heavy atom. The fraction of sp³-hybridized carbons (Fsp3) is 0. The van der Waals surface area contributed by atoms with Crippen LogP contribution in [0.4, 0.5) is 5.82 Å². The standard InChI is InChI=1S/C5H4N3.Rh/c1-4-5(6-2)8-3-7-4;/h1-3H,(H,7,8);/q-1;. The van der Waals surface area contributed by atoms with Crippen LogP contribution in [0.1, 0.15) is 5.69 Å². The van der Waals surface area contributed by atoms with E-state index >= 15 is 0 Å². The van der Waals surface area contributed by atoms with E-state index in [1.165, 1.54) is 6.33 Å². The summed E-state index contributed by atoms with van der Waals surface area (Å²) in [5, 5.41) is 0. The van der Waals surface area contributed by atoms with Gasteiger partial charge < -0.3 is 0 Å². The van der Waals surface area contributed by atoms with Gasteiger partial charge in [0.05, 0.1) is 0 Å². The van der Waals surface area contributed by atoms with Gasteiger partial charge >= 0.3 is 62.0 Å². The third-order valence-electron chi connectivity index (χ3n) is 0.866. The first-order valence-corrected chi connectivity index (χ1v) is 3.18. The molecule has 1 N–H and O–H groups in total. The second-order valence-corrected chi connectivity index (χ2v) is 1.84. The molecular weight excluding hydrogens is 205 g/mol. The molecule has 0 saturated carbocycles. The molecule has 0 unspecified atom stereocenters. The van der Waals surface area contributed by atoms with E-state index in [0.29, 0.717) is 5.82 Å². The Hall–Kier alpha value is -0.627. The fourth-order valence-corrected chi connectivity index (χ4v) is 0.819. The summed E-state index contributed by atoms with van der Waals surface area (Å²) in [6.45, 7) is 4.98. The summed E-state index contributed by atoms with van der Waals surface area (Å²) < 4.78 is 1.75. The summed E-state index contributed by atoms with van der Waals surface area (Å²) in [6.07, 6.45) is 1.54. The van der Waals surface area contributed by atoms with Gasteiger partial charge in [0.25, 0.3) is 0 Å². The van der Waals surface area contributed by atoms with E-state index in [1.807, 2.05) is 0 Å². The molecule has 0 spiro atoms. The Labute approximate surface area is 62.4 Å². The van der Waals surface area contributed by atoms with Crippen molar-refractivity contribution < 1.29 is 17.9 Å². The molecule has 4 heteroatoms. The number of nitrogens with one attached hydrogen (secondary N) is 1. The predicted molar refractivity (Wildman–Crippen MR) is 31.9 cm³/mol. The first-order chi connectivity index (χ1) is 4.38. The monoisotopic (exact) mass is 209 g/mol. The van der Waals surface area contributed by atoms with Crippen LogP contribution in [0.3, 0.4) is 0 Å². The van der Waals surface area contributed by atoms with E-state index in [-0.39, 0.29) is 0 Å². The van der Waals surface area contributed by atoms with Gasteiger partial charge in [-0.05, 0) is 0 Å². The molecule has 1 aromatic heterocycles. The zero-order chi connectivity index (χ0) is 6.69. The van der Waals surface area contributed by atoms with Crippen molar-refractivity contribution in [3.63, 3.8) is 0 Å². The molecule has 0 saturated heterocycles. The van der Waals surface area contributed by atoms with Gasteiger partial charge in [0.2, 0.25) is 0 Å². The normalized spacial score (nSPS) is 9.00. The molecule has 0 aromatic carbocycles. The SMILES string of the molecule is [CH-]=Nc1nc[nH]c1[CH]=[Rh]. The first-order valence-electron chi connectivity index (χ1n) is 2.23. The van der Waals surface area contributed by atoms with Gasteiger partial charge in [0, 0.05) is 0 Å². The van der Waals surface area contributed by atoms with Crippen LogP contribution in [0.5, 0.6) is 0 Å².